The Morgan fingerprint density at radius 1 is 1.70 bits per heavy atom. The minimum atomic E-state index is -4.03. The highest BCUT2D eigenvalue weighted by atomic mass is 79.9. The van der Waals surface area contributed by atoms with Crippen LogP contribution in [0.25, 0.3) is 0 Å². The van der Waals surface area contributed by atoms with Crippen molar-refractivity contribution in [2.24, 2.45) is 0 Å². The van der Waals surface area contributed by atoms with E-state index in [4.69, 9.17) is 0 Å². The van der Waals surface area contributed by atoms with E-state index >= 15 is 0 Å². The molecule has 0 saturated carbocycles. The Bertz CT molecular complexity index is 153. The molecule has 1 atom stereocenters. The molecule has 0 bridgehead atoms. The molecule has 0 radical (unpaired) electrons. The van der Waals surface area contributed by atoms with E-state index in [-0.39, 0.29) is 0 Å². The SMILES string of the molecule is CC=COP(=O)(OF)OBr. The lowest BCUT2D eigenvalue weighted by Gasteiger charge is -2.04. The molecular formula is C3H5BrFO4P. The Morgan fingerprint density at radius 2 is 2.30 bits per heavy atom. The summed E-state index contributed by atoms with van der Waals surface area (Å²) in [5, 5.41) is 0. The standard InChI is InChI=1S/C3H5BrFO4P/c1-2-3-7-10(6,8-4)9-5/h2-3H,1H3. The summed E-state index contributed by atoms with van der Waals surface area (Å²) < 4.78 is 32.8. The van der Waals surface area contributed by atoms with Gasteiger partial charge in [0, 0.05) is 0 Å². The third-order valence-electron chi connectivity index (χ3n) is 0.495. The van der Waals surface area contributed by atoms with Crippen molar-refractivity contribution in [1.29, 1.82) is 0 Å². The molecule has 0 fully saturated rings. The van der Waals surface area contributed by atoms with Gasteiger partial charge in [-0.15, -0.1) is 0 Å². The summed E-state index contributed by atoms with van der Waals surface area (Å²) in [7, 11) is -4.03. The van der Waals surface area contributed by atoms with Gasteiger partial charge in [0.25, 0.3) is 0 Å². The molecule has 4 nitrogen and oxygen atoms in total. The molecule has 0 aliphatic carbocycles. The van der Waals surface area contributed by atoms with Gasteiger partial charge in [0.1, 0.15) is 16.3 Å². The average Bonchev–Trinajstić information content (AvgIpc) is 2.00. The molecule has 0 aliphatic rings. The molecule has 0 aromatic rings. The highest BCUT2D eigenvalue weighted by Gasteiger charge is 2.27. The smallest absolute Gasteiger partial charge is 0.410 e. The van der Waals surface area contributed by atoms with Crippen LogP contribution in [-0.2, 0) is 17.4 Å². The van der Waals surface area contributed by atoms with Crippen molar-refractivity contribution < 1.29 is 22.0 Å². The Morgan fingerprint density at radius 3 is 2.60 bits per heavy atom. The van der Waals surface area contributed by atoms with E-state index in [0.29, 0.717) is 0 Å². The zero-order valence-electron chi connectivity index (χ0n) is 4.99. The van der Waals surface area contributed by atoms with Gasteiger partial charge in [-0.25, -0.2) is 4.57 Å². The zero-order valence-corrected chi connectivity index (χ0v) is 7.47. The van der Waals surface area contributed by atoms with Gasteiger partial charge in [0.2, 0.25) is 0 Å². The molecular weight excluding hydrogens is 230 g/mol. The van der Waals surface area contributed by atoms with Gasteiger partial charge in [-0.3, -0.25) is 0 Å². The van der Waals surface area contributed by atoms with Crippen LogP contribution in [0.4, 0.5) is 4.53 Å². The highest BCUT2D eigenvalue weighted by Crippen LogP contribution is 2.51. The lowest BCUT2D eigenvalue weighted by Crippen LogP contribution is -1.81. The maximum Gasteiger partial charge on any atom is 0.572 e. The number of hydrogen-bond acceptors (Lipinski definition) is 4. The summed E-state index contributed by atoms with van der Waals surface area (Å²) in [6.45, 7) is 1.59. The van der Waals surface area contributed by atoms with Crippen molar-refractivity contribution in [2.75, 3.05) is 0 Å². The highest BCUT2D eigenvalue weighted by molar-refractivity contribution is 9.06. The molecule has 0 saturated heterocycles. The van der Waals surface area contributed by atoms with Crippen molar-refractivity contribution in [3.63, 3.8) is 0 Å². The number of rotatable bonds is 4. The van der Waals surface area contributed by atoms with E-state index in [1.54, 1.807) is 6.92 Å². The molecule has 0 aromatic heterocycles. The number of phosphoric acid groups is 1. The predicted molar refractivity (Wildman–Crippen MR) is 35.7 cm³/mol. The van der Waals surface area contributed by atoms with Crippen LogP contribution in [0.15, 0.2) is 12.3 Å². The molecule has 10 heavy (non-hydrogen) atoms. The molecule has 0 N–H and O–H groups in total. The van der Waals surface area contributed by atoms with Crippen LogP contribution in [-0.4, -0.2) is 0 Å². The maximum atomic E-state index is 11.3. The monoisotopic (exact) mass is 234 g/mol. The van der Waals surface area contributed by atoms with Crippen molar-refractivity contribution in [3.8, 4) is 0 Å². The lowest BCUT2D eigenvalue weighted by molar-refractivity contribution is -0.0352. The lowest BCUT2D eigenvalue weighted by atomic mass is 10.8. The Hall–Kier alpha value is 0.100. The van der Waals surface area contributed by atoms with Gasteiger partial charge in [-0.05, 0) is 11.4 Å². The number of allylic oxidation sites excluding steroid dienone is 1. The van der Waals surface area contributed by atoms with Crippen molar-refractivity contribution in [2.45, 2.75) is 6.92 Å². The fourth-order valence-corrected chi connectivity index (χ4v) is 0.875. The Labute approximate surface area is 65.9 Å². The summed E-state index contributed by atoms with van der Waals surface area (Å²) in [5.41, 5.74) is 0. The van der Waals surface area contributed by atoms with E-state index in [0.717, 1.165) is 6.26 Å². The molecule has 0 aliphatic heterocycles. The molecule has 1 unspecified atom stereocenters. The topological polar surface area (TPSA) is 44.8 Å². The van der Waals surface area contributed by atoms with Gasteiger partial charge in [0.05, 0.1) is 6.26 Å². The average molecular weight is 235 g/mol. The van der Waals surface area contributed by atoms with Gasteiger partial charge in [0.15, 0.2) is 0 Å². The second kappa shape index (κ2) is 4.85. The molecule has 0 amide bonds. The first-order valence-corrected chi connectivity index (χ1v) is 4.29. The fraction of sp³-hybridized carbons (Fsp3) is 0.333. The number of hydrogen-bond donors (Lipinski definition) is 0. The van der Waals surface area contributed by atoms with Crippen molar-refractivity contribution in [3.05, 3.63) is 12.3 Å². The first kappa shape index (κ1) is 10.1. The summed E-state index contributed by atoms with van der Waals surface area (Å²) in [6, 6.07) is 0. The van der Waals surface area contributed by atoms with Crippen LogP contribution in [0.5, 0.6) is 0 Å². The van der Waals surface area contributed by atoms with E-state index in [9.17, 15) is 9.09 Å². The van der Waals surface area contributed by atoms with Crippen LogP contribution in [0.2, 0.25) is 0 Å². The summed E-state index contributed by atoms with van der Waals surface area (Å²) >= 11 is 2.28. The second-order valence-corrected chi connectivity index (χ2v) is 3.41. The van der Waals surface area contributed by atoms with Gasteiger partial charge in [-0.2, -0.15) is 3.62 Å². The van der Waals surface area contributed by atoms with Crippen molar-refractivity contribution in [1.82, 2.24) is 0 Å². The predicted octanol–water partition coefficient (Wildman–Crippen LogP) is 2.87. The fourth-order valence-electron chi connectivity index (χ4n) is 0.179. The van der Waals surface area contributed by atoms with Crippen LogP contribution >= 0.6 is 24.1 Å². The van der Waals surface area contributed by atoms with Crippen LogP contribution < -0.4 is 0 Å². The largest absolute Gasteiger partial charge is 0.572 e. The Balaban J connectivity index is 3.94. The molecule has 0 rings (SSSR count). The minimum absolute atomic E-state index is 0.988. The van der Waals surface area contributed by atoms with Gasteiger partial charge >= 0.3 is 7.82 Å². The molecule has 0 spiro atoms. The molecule has 7 heteroatoms. The van der Waals surface area contributed by atoms with Crippen molar-refractivity contribution >= 4 is 24.1 Å². The summed E-state index contributed by atoms with van der Waals surface area (Å²) in [6.07, 6.45) is 2.39. The third kappa shape index (κ3) is 3.31. The van der Waals surface area contributed by atoms with E-state index in [2.05, 4.69) is 29.1 Å². The minimum Gasteiger partial charge on any atom is -0.410 e. The van der Waals surface area contributed by atoms with E-state index < -0.39 is 7.82 Å². The third-order valence-corrected chi connectivity index (χ3v) is 2.28. The van der Waals surface area contributed by atoms with Gasteiger partial charge < -0.3 is 4.52 Å². The molecule has 60 valence electrons. The zero-order chi connectivity index (χ0) is 8.04. The maximum absolute atomic E-state index is 11.3. The van der Waals surface area contributed by atoms with E-state index in [1.165, 1.54) is 6.08 Å². The van der Waals surface area contributed by atoms with Crippen LogP contribution in [0.1, 0.15) is 6.92 Å². The van der Waals surface area contributed by atoms with E-state index in [1.807, 2.05) is 0 Å². The summed E-state index contributed by atoms with van der Waals surface area (Å²) in [5.74, 6) is 0. The summed E-state index contributed by atoms with van der Waals surface area (Å²) in [4.78, 5) is 0. The second-order valence-electron chi connectivity index (χ2n) is 1.16. The van der Waals surface area contributed by atoms with Crippen LogP contribution in [0.3, 0.4) is 0 Å². The molecule has 0 heterocycles. The Kier molecular flexibility index (Phi) is 4.89. The van der Waals surface area contributed by atoms with Crippen LogP contribution in [0, 0.1) is 0 Å². The molecule has 0 aromatic carbocycles. The first-order valence-electron chi connectivity index (χ1n) is 2.19. The van der Waals surface area contributed by atoms with Gasteiger partial charge in [-0.1, -0.05) is 10.8 Å². The first-order chi connectivity index (χ1) is 4.68. The quantitative estimate of drug-likeness (QED) is 0.555. The number of halogens is 2. The normalized spacial score (nSPS) is 17.1.